The molecule has 0 saturated heterocycles. The molecule has 0 radical (unpaired) electrons. The molecule has 4 bridgehead atoms. The van der Waals surface area contributed by atoms with E-state index in [2.05, 4.69) is 10.6 Å². The maximum atomic E-state index is 12.4. The highest BCUT2D eigenvalue weighted by Gasteiger charge is 2.50. The Kier molecular flexibility index (Phi) is 5.11. The van der Waals surface area contributed by atoms with E-state index in [-0.39, 0.29) is 18.4 Å². The molecule has 0 atom stereocenters. The van der Waals surface area contributed by atoms with Crippen LogP contribution < -0.4 is 15.4 Å². The van der Waals surface area contributed by atoms with Gasteiger partial charge >= 0.3 is 0 Å². The fourth-order valence-corrected chi connectivity index (χ4v) is 6.05. The van der Waals surface area contributed by atoms with Crippen LogP contribution in [0.25, 0.3) is 0 Å². The minimum Gasteiger partial charge on any atom is -0.493 e. The molecule has 4 fully saturated rings. The Morgan fingerprint density at radius 2 is 1.67 bits per heavy atom. The summed E-state index contributed by atoms with van der Waals surface area (Å²) >= 11 is 0. The first kappa shape index (κ1) is 18.3. The number of ether oxygens (including phenoxy) is 1. The molecule has 0 aromatic heterocycles. The summed E-state index contributed by atoms with van der Waals surface area (Å²) in [6, 6.07) is 7.11. The molecule has 0 unspecified atom stereocenters. The van der Waals surface area contributed by atoms with E-state index in [1.54, 1.807) is 18.2 Å². The van der Waals surface area contributed by atoms with Crippen LogP contribution in [0.4, 0.5) is 0 Å². The number of carbonyl (C=O) groups is 2. The summed E-state index contributed by atoms with van der Waals surface area (Å²) in [5.41, 5.74) is 0.781. The first-order chi connectivity index (χ1) is 13.1. The summed E-state index contributed by atoms with van der Waals surface area (Å²) in [4.78, 5) is 24.7. The van der Waals surface area contributed by atoms with Gasteiger partial charge in [-0.25, -0.2) is 0 Å². The number of benzene rings is 1. The number of hydrogen-bond donors (Lipinski definition) is 2. The van der Waals surface area contributed by atoms with Gasteiger partial charge < -0.3 is 15.4 Å². The van der Waals surface area contributed by atoms with E-state index < -0.39 is 0 Å². The molecule has 0 aliphatic heterocycles. The summed E-state index contributed by atoms with van der Waals surface area (Å²) in [5, 5.41) is 5.83. The van der Waals surface area contributed by atoms with Crippen molar-refractivity contribution in [2.45, 2.75) is 45.4 Å². The Hall–Kier alpha value is -2.04. The molecule has 27 heavy (non-hydrogen) atoms. The molecular weight excluding hydrogens is 340 g/mol. The van der Waals surface area contributed by atoms with Crippen LogP contribution in [0.1, 0.15) is 55.8 Å². The van der Waals surface area contributed by atoms with E-state index in [4.69, 9.17) is 4.74 Å². The first-order valence-corrected chi connectivity index (χ1v) is 10.3. The predicted octanol–water partition coefficient (Wildman–Crippen LogP) is 3.15. The van der Waals surface area contributed by atoms with Crippen LogP contribution >= 0.6 is 0 Å². The van der Waals surface area contributed by atoms with Gasteiger partial charge in [0.15, 0.2) is 0 Å². The molecule has 0 spiro atoms. The molecule has 4 aliphatic carbocycles. The van der Waals surface area contributed by atoms with Crippen molar-refractivity contribution in [3.8, 4) is 5.75 Å². The van der Waals surface area contributed by atoms with Crippen molar-refractivity contribution in [3.63, 3.8) is 0 Å². The summed E-state index contributed by atoms with van der Waals surface area (Å²) in [7, 11) is 0. The summed E-state index contributed by atoms with van der Waals surface area (Å²) in [5.74, 6) is 2.80. The molecule has 2 N–H and O–H groups in total. The Labute approximate surface area is 161 Å². The predicted molar refractivity (Wildman–Crippen MR) is 104 cm³/mol. The first-order valence-electron chi connectivity index (χ1n) is 10.3. The van der Waals surface area contributed by atoms with Gasteiger partial charge in [0.2, 0.25) is 5.91 Å². The molecule has 4 saturated carbocycles. The fraction of sp³-hybridized carbons (Fsp3) is 0.636. The van der Waals surface area contributed by atoms with E-state index in [1.165, 1.54) is 38.5 Å². The van der Waals surface area contributed by atoms with Crippen LogP contribution in [0.15, 0.2) is 24.3 Å². The van der Waals surface area contributed by atoms with E-state index in [0.29, 0.717) is 23.3 Å². The highest BCUT2D eigenvalue weighted by Crippen LogP contribution is 2.59. The van der Waals surface area contributed by atoms with Gasteiger partial charge in [0.1, 0.15) is 5.75 Å². The van der Waals surface area contributed by atoms with Crippen LogP contribution in [0.3, 0.4) is 0 Å². The van der Waals surface area contributed by atoms with E-state index in [1.807, 2.05) is 13.0 Å². The topological polar surface area (TPSA) is 67.4 Å². The second-order valence-electron chi connectivity index (χ2n) is 8.81. The lowest BCUT2D eigenvalue weighted by Crippen LogP contribution is -2.52. The average Bonchev–Trinajstić information content (AvgIpc) is 2.64. The van der Waals surface area contributed by atoms with E-state index >= 15 is 0 Å². The van der Waals surface area contributed by atoms with E-state index in [9.17, 15) is 9.59 Å². The van der Waals surface area contributed by atoms with Crippen LogP contribution in [-0.4, -0.2) is 31.5 Å². The van der Waals surface area contributed by atoms with Crippen molar-refractivity contribution in [2.75, 3.05) is 19.7 Å². The Morgan fingerprint density at radius 1 is 1.04 bits per heavy atom. The van der Waals surface area contributed by atoms with Gasteiger partial charge in [0.25, 0.3) is 5.91 Å². The van der Waals surface area contributed by atoms with Crippen molar-refractivity contribution >= 4 is 11.8 Å². The molecule has 0 heterocycles. The van der Waals surface area contributed by atoms with Crippen LogP contribution in [0.5, 0.6) is 5.75 Å². The van der Waals surface area contributed by atoms with Gasteiger partial charge in [-0.1, -0.05) is 12.1 Å². The number of carbonyl (C=O) groups excluding carboxylic acids is 2. The molecule has 1 aromatic rings. The third-order valence-corrected chi connectivity index (χ3v) is 6.67. The number of rotatable bonds is 7. The van der Waals surface area contributed by atoms with Crippen molar-refractivity contribution in [1.82, 2.24) is 10.6 Å². The SMILES string of the molecule is CCOc1ccccc1C(=O)NCC(=O)NCC12CC3CC(CC(C3)C1)C2. The summed E-state index contributed by atoms with van der Waals surface area (Å²) in [6.07, 6.45) is 8.03. The van der Waals surface area contributed by atoms with Gasteiger partial charge in [-0.15, -0.1) is 0 Å². The normalized spacial score (nSPS) is 30.8. The van der Waals surface area contributed by atoms with Gasteiger partial charge in [0, 0.05) is 6.54 Å². The van der Waals surface area contributed by atoms with Crippen LogP contribution in [0.2, 0.25) is 0 Å². The maximum Gasteiger partial charge on any atom is 0.255 e. The average molecular weight is 370 g/mol. The lowest BCUT2D eigenvalue weighted by Gasteiger charge is -2.56. The number of nitrogens with one attached hydrogen (secondary N) is 2. The fourth-order valence-electron chi connectivity index (χ4n) is 6.05. The van der Waals surface area contributed by atoms with Crippen molar-refractivity contribution in [1.29, 1.82) is 0 Å². The molecular formula is C22H30N2O3. The van der Waals surface area contributed by atoms with E-state index in [0.717, 1.165) is 24.3 Å². The number of para-hydroxylation sites is 1. The molecule has 5 nitrogen and oxygen atoms in total. The largest absolute Gasteiger partial charge is 0.493 e. The van der Waals surface area contributed by atoms with Gasteiger partial charge in [0.05, 0.1) is 18.7 Å². The maximum absolute atomic E-state index is 12.4. The second kappa shape index (κ2) is 7.53. The standard InChI is InChI=1S/C22H30N2O3/c1-2-27-19-6-4-3-5-18(19)21(26)23-13-20(25)24-14-22-10-15-7-16(11-22)9-17(8-15)12-22/h3-6,15-17H,2,7-14H2,1H3,(H,23,26)(H,24,25). The highest BCUT2D eigenvalue weighted by molar-refractivity contribution is 5.98. The van der Waals surface area contributed by atoms with Crippen molar-refractivity contribution in [3.05, 3.63) is 29.8 Å². The zero-order chi connectivity index (χ0) is 18.9. The smallest absolute Gasteiger partial charge is 0.255 e. The van der Waals surface area contributed by atoms with Crippen LogP contribution in [-0.2, 0) is 4.79 Å². The minimum absolute atomic E-state index is 0.00561. The van der Waals surface area contributed by atoms with Crippen LogP contribution in [0, 0.1) is 23.2 Å². The lowest BCUT2D eigenvalue weighted by atomic mass is 9.49. The van der Waals surface area contributed by atoms with Crippen molar-refractivity contribution in [2.24, 2.45) is 23.2 Å². The number of amides is 2. The molecule has 5 heteroatoms. The third kappa shape index (κ3) is 3.97. The van der Waals surface area contributed by atoms with Crippen molar-refractivity contribution < 1.29 is 14.3 Å². The summed E-state index contributed by atoms with van der Waals surface area (Å²) < 4.78 is 5.49. The summed E-state index contributed by atoms with van der Waals surface area (Å²) in [6.45, 7) is 3.15. The zero-order valence-corrected chi connectivity index (χ0v) is 16.1. The highest BCUT2D eigenvalue weighted by atomic mass is 16.5. The molecule has 2 amide bonds. The van der Waals surface area contributed by atoms with Gasteiger partial charge in [-0.3, -0.25) is 9.59 Å². The minimum atomic E-state index is -0.274. The third-order valence-electron chi connectivity index (χ3n) is 6.67. The monoisotopic (exact) mass is 370 g/mol. The number of hydrogen-bond acceptors (Lipinski definition) is 3. The lowest BCUT2D eigenvalue weighted by molar-refractivity contribution is -0.122. The Balaban J connectivity index is 1.27. The zero-order valence-electron chi connectivity index (χ0n) is 16.1. The second-order valence-corrected chi connectivity index (χ2v) is 8.81. The Bertz CT molecular complexity index is 680. The Morgan fingerprint density at radius 3 is 2.30 bits per heavy atom. The van der Waals surface area contributed by atoms with Gasteiger partial charge in [-0.2, -0.15) is 0 Å². The molecule has 146 valence electrons. The quantitative estimate of drug-likeness (QED) is 0.775. The van der Waals surface area contributed by atoms with Gasteiger partial charge in [-0.05, 0) is 80.8 Å². The molecule has 4 aliphatic rings. The molecule has 1 aromatic carbocycles. The molecule has 5 rings (SSSR count).